The number of aromatic nitrogens is 1. The second-order valence-corrected chi connectivity index (χ2v) is 30.2. The highest BCUT2D eigenvalue weighted by molar-refractivity contribution is 7.07. The van der Waals surface area contributed by atoms with Gasteiger partial charge >= 0.3 is 12.4 Å². The fourth-order valence-electron chi connectivity index (χ4n) is 15.5. The summed E-state index contributed by atoms with van der Waals surface area (Å²) in [6.07, 6.45) is -3.11. The maximum absolute atomic E-state index is 15.3. The van der Waals surface area contributed by atoms with Gasteiger partial charge in [0.25, 0.3) is 0 Å². The number of para-hydroxylation sites is 2. The highest BCUT2D eigenvalue weighted by atomic mass is 32.1. The van der Waals surface area contributed by atoms with Crippen LogP contribution in [-0.2, 0) is 70.6 Å². The van der Waals surface area contributed by atoms with Crippen molar-refractivity contribution in [3.8, 4) is 16.9 Å². The molecular weight excluding hydrogens is 1470 g/mol. The number of benzene rings is 9. The van der Waals surface area contributed by atoms with Crippen LogP contribution >= 0.6 is 11.3 Å². The van der Waals surface area contributed by atoms with Crippen molar-refractivity contribution in [1.82, 2.24) is 34.4 Å². The van der Waals surface area contributed by atoms with Crippen LogP contribution < -0.4 is 19.6 Å². The molecule has 0 radical (unpaired) electrons. The minimum Gasteiger partial charge on any atom is -0.508 e. The van der Waals surface area contributed by atoms with E-state index in [4.69, 9.17) is 0 Å². The van der Waals surface area contributed by atoms with E-state index in [2.05, 4.69) is 119 Å². The summed E-state index contributed by atoms with van der Waals surface area (Å²) in [7, 11) is 0. The normalized spacial score (nSPS) is 16.0. The maximum atomic E-state index is 15.3. The lowest BCUT2D eigenvalue weighted by Crippen LogP contribution is -2.56. The van der Waals surface area contributed by atoms with Crippen molar-refractivity contribution in [1.29, 1.82) is 0 Å². The Morgan fingerprint density at radius 1 is 0.412 bits per heavy atom. The predicted molar refractivity (Wildman–Crippen MR) is 437 cm³/mol. The molecule has 1 aromatic heterocycles. The number of carbonyl (C=O) groups excluding carboxylic acids is 4. The van der Waals surface area contributed by atoms with Crippen LogP contribution in [0.2, 0.25) is 0 Å². The number of halogens is 6. The fourth-order valence-corrected chi connectivity index (χ4v) is 16.0. The number of rotatable bonds is 25. The summed E-state index contributed by atoms with van der Waals surface area (Å²) in [5, 5.41) is 12.2. The highest BCUT2D eigenvalue weighted by Crippen LogP contribution is 2.35. The summed E-state index contributed by atoms with van der Waals surface area (Å²) in [5.74, 6) is -1.32. The van der Waals surface area contributed by atoms with Crippen LogP contribution in [0.15, 0.2) is 254 Å². The summed E-state index contributed by atoms with van der Waals surface area (Å²) in [6, 6.07) is 67.6. The number of amides is 4. The number of thiazole rings is 1. The first-order valence-electron chi connectivity index (χ1n) is 38.7. The Balaban J connectivity index is 0.617. The minimum atomic E-state index is -4.53. The molecule has 9 aromatic carbocycles. The van der Waals surface area contributed by atoms with Crippen LogP contribution in [0.5, 0.6) is 5.75 Å². The maximum Gasteiger partial charge on any atom is 0.416 e. The van der Waals surface area contributed by atoms with Crippen molar-refractivity contribution in [3.05, 3.63) is 309 Å². The SMILES string of the molecule is O=C([C@H](Cc1ccc(O)cc1)N(Cc1ccc(N2CCN(c3ccccc3)CC2)cc1)C(=O)/C=C/c1ccc(C(F)(F)F)cc1)N1CCN(Cc2ccc(-c3ccccc3N3CCN(c4ccc(CN(C(=O)/C=C/c5ccc(C(F)(F)F)cc5)[C@@H](Cc5cscn5)C(=O)N5CCN(Cc6ccccc6)CC5)cc4)CC3)cc2)CC1. The summed E-state index contributed by atoms with van der Waals surface area (Å²) in [4.78, 5) is 85.2. The molecule has 5 heterocycles. The minimum absolute atomic E-state index is 0.0584. The van der Waals surface area contributed by atoms with Gasteiger partial charge in [-0.05, 0) is 136 Å². The van der Waals surface area contributed by atoms with Crippen molar-refractivity contribution in [3.63, 3.8) is 0 Å². The molecule has 4 amide bonds. The molecule has 114 heavy (non-hydrogen) atoms. The van der Waals surface area contributed by atoms with Crippen molar-refractivity contribution >= 4 is 69.9 Å². The van der Waals surface area contributed by atoms with Gasteiger partial charge in [-0.25, -0.2) is 4.98 Å². The van der Waals surface area contributed by atoms with Crippen LogP contribution in [0.25, 0.3) is 23.3 Å². The number of nitrogens with zero attached hydrogens (tertiary/aromatic N) is 11. The molecular formula is C91H91F6N11O5S. The number of piperazine rings is 4. The molecule has 4 fully saturated rings. The fraction of sp³-hybridized carbons (Fsp3) is 0.286. The van der Waals surface area contributed by atoms with Crippen molar-refractivity contribution < 1.29 is 50.6 Å². The molecule has 2 atom stereocenters. The second-order valence-electron chi connectivity index (χ2n) is 29.4. The molecule has 0 aliphatic carbocycles. The predicted octanol–water partition coefficient (Wildman–Crippen LogP) is 15.2. The number of phenolic OH excluding ortho intramolecular Hbond substituents is 1. The van der Waals surface area contributed by atoms with Crippen LogP contribution in [0.3, 0.4) is 0 Å². The van der Waals surface area contributed by atoms with Gasteiger partial charge in [-0.15, -0.1) is 11.3 Å². The third-order valence-corrected chi connectivity index (χ3v) is 22.6. The Labute approximate surface area is 665 Å². The summed E-state index contributed by atoms with van der Waals surface area (Å²) in [6.45, 7) is 12.1. The number of carbonyl (C=O) groups is 4. The van der Waals surface area contributed by atoms with Gasteiger partial charge in [0.1, 0.15) is 17.8 Å². The molecule has 4 aliphatic rings. The van der Waals surface area contributed by atoms with E-state index in [9.17, 15) is 45.8 Å². The van der Waals surface area contributed by atoms with Gasteiger partial charge in [-0.1, -0.05) is 152 Å². The smallest absolute Gasteiger partial charge is 0.416 e. The number of anilines is 4. The zero-order chi connectivity index (χ0) is 79.1. The van der Waals surface area contributed by atoms with Crippen LogP contribution in [0, 0.1) is 0 Å². The van der Waals surface area contributed by atoms with Crippen molar-refractivity contribution in [2.24, 2.45) is 0 Å². The van der Waals surface area contributed by atoms with E-state index < -0.39 is 47.4 Å². The van der Waals surface area contributed by atoms with Gasteiger partial charge in [0.15, 0.2) is 0 Å². The van der Waals surface area contributed by atoms with E-state index >= 15 is 4.79 Å². The first kappa shape index (κ1) is 79.1. The Morgan fingerprint density at radius 3 is 1.25 bits per heavy atom. The quantitative estimate of drug-likeness (QED) is 0.0431. The van der Waals surface area contributed by atoms with E-state index in [1.165, 1.54) is 71.2 Å². The summed E-state index contributed by atoms with van der Waals surface area (Å²) < 4.78 is 81.3. The molecule has 16 nitrogen and oxygen atoms in total. The van der Waals surface area contributed by atoms with E-state index in [0.717, 1.165) is 134 Å². The number of phenols is 1. The number of alkyl halides is 6. The molecule has 588 valence electrons. The third-order valence-electron chi connectivity index (χ3n) is 22.0. The van der Waals surface area contributed by atoms with E-state index in [1.807, 2.05) is 88.0 Å². The summed E-state index contributed by atoms with van der Waals surface area (Å²) >= 11 is 1.41. The Hall–Kier alpha value is -11.5. The zero-order valence-corrected chi connectivity index (χ0v) is 64.1. The summed E-state index contributed by atoms with van der Waals surface area (Å²) in [5.41, 5.74) is 12.7. The van der Waals surface area contributed by atoms with Crippen LogP contribution in [0.1, 0.15) is 55.8 Å². The first-order chi connectivity index (χ1) is 55.3. The lowest BCUT2D eigenvalue weighted by molar-refractivity contribution is -0.145. The highest BCUT2D eigenvalue weighted by Gasteiger charge is 2.38. The molecule has 4 saturated heterocycles. The average Bonchev–Trinajstić information content (AvgIpc) is 1.10. The molecule has 10 aromatic rings. The van der Waals surface area contributed by atoms with Gasteiger partial charge in [0, 0.05) is 190 Å². The largest absolute Gasteiger partial charge is 0.508 e. The lowest BCUT2D eigenvalue weighted by Gasteiger charge is -2.39. The molecule has 0 spiro atoms. The van der Waals surface area contributed by atoms with E-state index in [-0.39, 0.29) is 43.5 Å². The Kier molecular flexibility index (Phi) is 25.3. The van der Waals surface area contributed by atoms with Crippen molar-refractivity contribution in [2.75, 3.05) is 124 Å². The van der Waals surface area contributed by atoms with Gasteiger partial charge in [0.05, 0.1) is 22.3 Å². The van der Waals surface area contributed by atoms with Gasteiger partial charge in [0.2, 0.25) is 23.6 Å². The van der Waals surface area contributed by atoms with Gasteiger partial charge in [-0.3, -0.25) is 29.0 Å². The zero-order valence-electron chi connectivity index (χ0n) is 63.3. The van der Waals surface area contributed by atoms with E-state index in [1.54, 1.807) is 39.6 Å². The molecule has 0 bridgehead atoms. The molecule has 0 unspecified atom stereocenters. The Morgan fingerprint density at radius 2 is 0.807 bits per heavy atom. The van der Waals surface area contributed by atoms with Crippen molar-refractivity contribution in [2.45, 2.75) is 63.5 Å². The molecule has 4 aliphatic heterocycles. The van der Waals surface area contributed by atoms with Gasteiger partial charge < -0.3 is 44.3 Å². The molecule has 14 rings (SSSR count). The number of hydrogen-bond donors (Lipinski definition) is 1. The van der Waals surface area contributed by atoms with Gasteiger partial charge in [-0.2, -0.15) is 26.3 Å². The third kappa shape index (κ3) is 20.5. The topological polar surface area (TPSA) is 134 Å². The Bertz CT molecular complexity index is 4880. The van der Waals surface area contributed by atoms with Crippen LogP contribution in [0.4, 0.5) is 49.1 Å². The number of hydrogen-bond acceptors (Lipinski definition) is 13. The number of aromatic hydroxyl groups is 1. The van der Waals surface area contributed by atoms with Crippen LogP contribution in [-0.4, -0.2) is 180 Å². The first-order valence-corrected chi connectivity index (χ1v) is 39.7. The molecule has 1 N–H and O–H groups in total. The second kappa shape index (κ2) is 36.5. The van der Waals surface area contributed by atoms with E-state index in [0.29, 0.717) is 75.7 Å². The molecule has 23 heteroatoms. The standard InChI is InChI=1S/C91H91F6N11O5S/c92-90(93,94)75-31-17-67(18-32-75)27-41-86(110)107(63-72-21-35-79(36-22-72)102-53-51-101(52-54-102)78-11-5-2-6-12-78)84(59-69-25-39-81(109)40-26-69)88(112)105-47-45-100(46-48-105)62-71-15-29-74(30-16-71)82-13-7-8-14-83(82)104-57-55-103(56-58-104)80-37-23-73(24-38-80)64-108(87(111)42-28-68-19-33-76(34-20-68)91(95,96)97)85(60-77-65-114-66-98-77)89(113)106-49-43-99(44-50-106)61-70-9-3-1-4-10-70/h1-42,65-66,84-85,109H,43-64H2/b41-27+,42-28+/t84-,85-/m0/s1. The lowest BCUT2D eigenvalue weighted by atomic mass is 10.0. The average molecular weight is 1560 g/mol. The monoisotopic (exact) mass is 1560 g/mol. The molecule has 0 saturated carbocycles.